The van der Waals surface area contributed by atoms with Crippen LogP contribution in [-0.4, -0.2) is 28.6 Å². The molecule has 1 aromatic rings. The van der Waals surface area contributed by atoms with Crippen molar-refractivity contribution in [3.63, 3.8) is 0 Å². The van der Waals surface area contributed by atoms with Crippen LogP contribution in [0.25, 0.3) is 0 Å². The molecule has 0 unspecified atom stereocenters. The Balaban J connectivity index is 2.11. The maximum absolute atomic E-state index is 4.33. The first kappa shape index (κ1) is 14.6. The van der Waals surface area contributed by atoms with Gasteiger partial charge in [-0.2, -0.15) is 5.10 Å². The van der Waals surface area contributed by atoms with Crippen molar-refractivity contribution < 1.29 is 0 Å². The van der Waals surface area contributed by atoms with Gasteiger partial charge in [-0.05, 0) is 31.4 Å². The number of thioether (sulfide) groups is 1. The van der Waals surface area contributed by atoms with Crippen molar-refractivity contribution in [1.29, 1.82) is 0 Å². The minimum absolute atomic E-state index is 0.430. The third-order valence-electron chi connectivity index (χ3n) is 2.54. The van der Waals surface area contributed by atoms with Crippen LogP contribution in [0, 0.1) is 12.3 Å². The number of hydrogen-bond donors (Lipinski definition) is 1. The molecule has 0 saturated carbocycles. The van der Waals surface area contributed by atoms with E-state index in [2.05, 4.69) is 37.3 Å². The number of aryl methyl sites for hydroxylation is 2. The second kappa shape index (κ2) is 6.45. The van der Waals surface area contributed by atoms with Crippen molar-refractivity contribution >= 4 is 11.8 Å². The largest absolute Gasteiger partial charge is 0.316 e. The van der Waals surface area contributed by atoms with Gasteiger partial charge in [0.25, 0.3) is 0 Å². The summed E-state index contributed by atoms with van der Waals surface area (Å²) in [5.41, 5.74) is 1.52. The summed E-state index contributed by atoms with van der Waals surface area (Å²) in [5.74, 6) is 1.10. The molecule has 4 heteroatoms. The molecule has 0 bridgehead atoms. The Morgan fingerprint density at radius 1 is 1.35 bits per heavy atom. The van der Waals surface area contributed by atoms with Gasteiger partial charge >= 0.3 is 0 Å². The van der Waals surface area contributed by atoms with Gasteiger partial charge in [0.2, 0.25) is 0 Å². The maximum Gasteiger partial charge on any atom is 0.0939 e. The van der Waals surface area contributed by atoms with Crippen molar-refractivity contribution in [1.82, 2.24) is 15.1 Å². The highest BCUT2D eigenvalue weighted by Gasteiger charge is 2.08. The summed E-state index contributed by atoms with van der Waals surface area (Å²) in [6.07, 6.45) is 1.22. The first-order valence-corrected chi connectivity index (χ1v) is 7.21. The second-order valence-electron chi connectivity index (χ2n) is 5.66. The van der Waals surface area contributed by atoms with E-state index < -0.39 is 0 Å². The molecule has 0 fully saturated rings. The van der Waals surface area contributed by atoms with Crippen LogP contribution in [0.1, 0.15) is 32.9 Å². The minimum atomic E-state index is 0.430. The molecule has 1 heterocycles. The van der Waals surface area contributed by atoms with Crippen LogP contribution in [-0.2, 0) is 7.05 Å². The molecular weight excluding hydrogens is 230 g/mol. The van der Waals surface area contributed by atoms with E-state index in [1.807, 2.05) is 30.4 Å². The van der Waals surface area contributed by atoms with Crippen LogP contribution < -0.4 is 5.32 Å². The number of nitrogens with zero attached hydrogens (tertiary/aromatic N) is 2. The van der Waals surface area contributed by atoms with Crippen LogP contribution in [0.3, 0.4) is 0 Å². The average Bonchev–Trinajstić information content (AvgIpc) is 2.49. The van der Waals surface area contributed by atoms with E-state index in [4.69, 9.17) is 0 Å². The molecule has 0 aromatic carbocycles. The Labute approximate surface area is 109 Å². The third kappa shape index (κ3) is 6.13. The van der Waals surface area contributed by atoms with Crippen molar-refractivity contribution in [2.45, 2.75) is 39.1 Å². The highest BCUT2D eigenvalue weighted by atomic mass is 32.2. The number of aromatic nitrogens is 2. The number of hydrogen-bond acceptors (Lipinski definition) is 3. The SMILES string of the molecule is Cc1cc(SCCNCCC(C)(C)C)n(C)n1. The van der Waals surface area contributed by atoms with Gasteiger partial charge < -0.3 is 5.32 Å². The van der Waals surface area contributed by atoms with E-state index in [1.165, 1.54) is 11.4 Å². The molecule has 1 rings (SSSR count). The minimum Gasteiger partial charge on any atom is -0.316 e. The van der Waals surface area contributed by atoms with Crippen LogP contribution in [0.4, 0.5) is 0 Å². The smallest absolute Gasteiger partial charge is 0.0939 e. The first-order valence-electron chi connectivity index (χ1n) is 6.23. The van der Waals surface area contributed by atoms with Crippen molar-refractivity contribution in [2.24, 2.45) is 12.5 Å². The number of rotatable bonds is 6. The Morgan fingerprint density at radius 2 is 2.06 bits per heavy atom. The van der Waals surface area contributed by atoms with E-state index in [0.29, 0.717) is 5.41 Å². The fourth-order valence-electron chi connectivity index (χ4n) is 1.54. The third-order valence-corrected chi connectivity index (χ3v) is 3.63. The summed E-state index contributed by atoms with van der Waals surface area (Å²) in [6, 6.07) is 2.14. The van der Waals surface area contributed by atoms with Crippen molar-refractivity contribution in [2.75, 3.05) is 18.8 Å². The molecule has 98 valence electrons. The van der Waals surface area contributed by atoms with Crippen molar-refractivity contribution in [3.05, 3.63) is 11.8 Å². The van der Waals surface area contributed by atoms with E-state index >= 15 is 0 Å². The van der Waals surface area contributed by atoms with Gasteiger partial charge in [0.15, 0.2) is 0 Å². The molecule has 3 nitrogen and oxygen atoms in total. The van der Waals surface area contributed by atoms with E-state index in [-0.39, 0.29) is 0 Å². The molecule has 0 aliphatic carbocycles. The fourth-order valence-corrected chi connectivity index (χ4v) is 2.48. The Hall–Kier alpha value is -0.480. The molecule has 0 spiro atoms. The highest BCUT2D eigenvalue weighted by Crippen LogP contribution is 2.18. The van der Waals surface area contributed by atoms with E-state index in [1.54, 1.807) is 0 Å². The molecule has 0 saturated heterocycles. The van der Waals surface area contributed by atoms with E-state index in [9.17, 15) is 0 Å². The zero-order chi connectivity index (χ0) is 12.9. The summed E-state index contributed by atoms with van der Waals surface area (Å²) >= 11 is 1.86. The zero-order valence-electron chi connectivity index (χ0n) is 11.7. The predicted molar refractivity (Wildman–Crippen MR) is 75.6 cm³/mol. The van der Waals surface area contributed by atoms with Gasteiger partial charge in [-0.15, -0.1) is 11.8 Å². The summed E-state index contributed by atoms with van der Waals surface area (Å²) < 4.78 is 1.95. The lowest BCUT2D eigenvalue weighted by Crippen LogP contribution is -2.22. The van der Waals surface area contributed by atoms with Crippen LogP contribution in [0.15, 0.2) is 11.1 Å². The fraction of sp³-hybridized carbons (Fsp3) is 0.769. The standard InChI is InChI=1S/C13H25N3S/c1-11-10-12(16(5)15-11)17-9-8-14-7-6-13(2,3)4/h10,14H,6-9H2,1-5H3. The lowest BCUT2D eigenvalue weighted by Gasteiger charge is -2.17. The summed E-state index contributed by atoms with van der Waals surface area (Å²) in [5, 5.41) is 9.07. The van der Waals surface area contributed by atoms with Crippen LogP contribution >= 0.6 is 11.8 Å². The first-order chi connectivity index (χ1) is 7.88. The Bertz CT molecular complexity index is 339. The quantitative estimate of drug-likeness (QED) is 0.626. The maximum atomic E-state index is 4.33. The Morgan fingerprint density at radius 3 is 2.59 bits per heavy atom. The Kier molecular flexibility index (Phi) is 5.53. The van der Waals surface area contributed by atoms with Crippen molar-refractivity contribution in [3.8, 4) is 0 Å². The molecular formula is C13H25N3S. The van der Waals surface area contributed by atoms with E-state index in [0.717, 1.165) is 24.5 Å². The average molecular weight is 255 g/mol. The molecule has 0 radical (unpaired) electrons. The molecule has 0 atom stereocenters. The molecule has 0 aliphatic rings. The molecule has 1 N–H and O–H groups in total. The molecule has 17 heavy (non-hydrogen) atoms. The highest BCUT2D eigenvalue weighted by molar-refractivity contribution is 7.99. The van der Waals surface area contributed by atoms with Gasteiger partial charge in [0.1, 0.15) is 0 Å². The topological polar surface area (TPSA) is 29.9 Å². The zero-order valence-corrected chi connectivity index (χ0v) is 12.5. The predicted octanol–water partition coefficient (Wildman–Crippen LogP) is 2.85. The summed E-state index contributed by atoms with van der Waals surface area (Å²) in [6.45, 7) is 11.0. The van der Waals surface area contributed by atoms with Crippen LogP contribution in [0.2, 0.25) is 0 Å². The van der Waals surface area contributed by atoms with Gasteiger partial charge in [0.05, 0.1) is 10.7 Å². The van der Waals surface area contributed by atoms with Gasteiger partial charge in [-0.25, -0.2) is 0 Å². The number of nitrogens with one attached hydrogen (secondary N) is 1. The second-order valence-corrected chi connectivity index (χ2v) is 6.77. The van der Waals surface area contributed by atoms with Crippen LogP contribution in [0.5, 0.6) is 0 Å². The van der Waals surface area contributed by atoms with Gasteiger partial charge in [-0.1, -0.05) is 20.8 Å². The molecule has 0 aliphatic heterocycles. The lowest BCUT2D eigenvalue weighted by molar-refractivity contribution is 0.369. The lowest BCUT2D eigenvalue weighted by atomic mass is 9.92. The monoisotopic (exact) mass is 255 g/mol. The molecule has 1 aromatic heterocycles. The normalized spacial score (nSPS) is 12.1. The van der Waals surface area contributed by atoms with Gasteiger partial charge in [-0.3, -0.25) is 4.68 Å². The van der Waals surface area contributed by atoms with Gasteiger partial charge in [0, 0.05) is 19.3 Å². The molecule has 0 amide bonds. The summed E-state index contributed by atoms with van der Waals surface area (Å²) in [7, 11) is 2.00. The summed E-state index contributed by atoms with van der Waals surface area (Å²) in [4.78, 5) is 0.